The first-order valence-corrected chi connectivity index (χ1v) is 7.61. The van der Waals surface area contributed by atoms with Gasteiger partial charge in [0.25, 0.3) is 10.0 Å². The van der Waals surface area contributed by atoms with Crippen LogP contribution in [0.15, 0.2) is 10.4 Å². The summed E-state index contributed by atoms with van der Waals surface area (Å²) in [5.74, 6) is -1.40. The monoisotopic (exact) mass is 332 g/mol. The largest absolute Gasteiger partial charge is 0.480 e. The molecule has 20 heavy (non-hydrogen) atoms. The van der Waals surface area contributed by atoms with Crippen molar-refractivity contribution in [2.75, 3.05) is 6.54 Å². The predicted octanol–water partition coefficient (Wildman–Crippen LogP) is 1.65. The van der Waals surface area contributed by atoms with Crippen LogP contribution in [0.4, 0.5) is 13.2 Å². The Morgan fingerprint density at radius 1 is 1.55 bits per heavy atom. The van der Waals surface area contributed by atoms with Crippen molar-refractivity contribution in [3.8, 4) is 0 Å². The summed E-state index contributed by atoms with van der Waals surface area (Å²) in [4.78, 5) is 13.9. The van der Waals surface area contributed by atoms with Crippen LogP contribution in [0.2, 0.25) is 0 Å². The molecule has 0 aliphatic heterocycles. The molecule has 0 amide bonds. The van der Waals surface area contributed by atoms with Crippen LogP contribution in [0.1, 0.15) is 18.9 Å². The smallest absolute Gasteiger partial charge is 0.443 e. The predicted molar refractivity (Wildman–Crippen MR) is 63.8 cm³/mol. The molecule has 0 radical (unpaired) electrons. The standard InChI is InChI=1S/C9H11F3N2O4S2/c1-3-14(5(2)7(15)16)20(17,18)6-4-19-8(13-6)9(10,11)12/h4-5H,3H2,1-2H3,(H,15,16). The van der Waals surface area contributed by atoms with E-state index in [1.54, 1.807) is 0 Å². The lowest BCUT2D eigenvalue weighted by Crippen LogP contribution is -2.43. The number of nitrogens with zero attached hydrogens (tertiary/aromatic N) is 2. The first-order chi connectivity index (χ1) is 9.01. The first-order valence-electron chi connectivity index (χ1n) is 5.29. The summed E-state index contributed by atoms with van der Waals surface area (Å²) in [6, 6.07) is -1.40. The van der Waals surface area contributed by atoms with E-state index < -0.39 is 38.2 Å². The van der Waals surface area contributed by atoms with Crippen molar-refractivity contribution in [1.29, 1.82) is 0 Å². The van der Waals surface area contributed by atoms with E-state index >= 15 is 0 Å². The van der Waals surface area contributed by atoms with E-state index in [2.05, 4.69) is 4.98 Å². The molecule has 0 aliphatic rings. The van der Waals surface area contributed by atoms with Gasteiger partial charge < -0.3 is 5.11 Å². The highest BCUT2D eigenvalue weighted by Crippen LogP contribution is 2.33. The molecular formula is C9H11F3N2O4S2. The highest BCUT2D eigenvalue weighted by molar-refractivity contribution is 7.89. The number of rotatable bonds is 5. The Bertz CT molecular complexity index is 597. The Hall–Kier alpha value is -1.20. The van der Waals surface area contributed by atoms with Gasteiger partial charge in [-0.2, -0.15) is 17.5 Å². The van der Waals surface area contributed by atoms with E-state index in [0.717, 1.165) is 12.3 Å². The normalized spacial score (nSPS) is 14.5. The maximum atomic E-state index is 12.4. The fourth-order valence-electron chi connectivity index (χ4n) is 1.40. The molecule has 0 aromatic carbocycles. The van der Waals surface area contributed by atoms with E-state index in [0.29, 0.717) is 4.31 Å². The van der Waals surface area contributed by atoms with Gasteiger partial charge in [0.05, 0.1) is 0 Å². The minimum Gasteiger partial charge on any atom is -0.480 e. The van der Waals surface area contributed by atoms with E-state index in [1.807, 2.05) is 0 Å². The number of likely N-dealkylation sites (N-methyl/N-ethyl adjacent to an activating group) is 1. The molecule has 1 heterocycles. The number of carboxylic acid groups (broad SMARTS) is 1. The molecule has 1 unspecified atom stereocenters. The molecule has 0 saturated heterocycles. The quantitative estimate of drug-likeness (QED) is 0.886. The van der Waals surface area contributed by atoms with Gasteiger partial charge in [-0.1, -0.05) is 6.92 Å². The molecule has 1 aromatic heterocycles. The van der Waals surface area contributed by atoms with E-state index in [9.17, 15) is 26.4 Å². The van der Waals surface area contributed by atoms with Gasteiger partial charge in [0.15, 0.2) is 10.0 Å². The summed E-state index contributed by atoms with van der Waals surface area (Å²) in [5.41, 5.74) is 0. The molecule has 1 aromatic rings. The SMILES string of the molecule is CCN(C(C)C(=O)O)S(=O)(=O)c1csc(C(F)(F)F)n1. The highest BCUT2D eigenvalue weighted by atomic mass is 32.2. The molecule has 1 rings (SSSR count). The van der Waals surface area contributed by atoms with Crippen LogP contribution in [0.5, 0.6) is 0 Å². The van der Waals surface area contributed by atoms with E-state index in [1.165, 1.54) is 6.92 Å². The number of aliphatic carboxylic acids is 1. The summed E-state index contributed by atoms with van der Waals surface area (Å²) in [5, 5.41) is 7.47. The Morgan fingerprint density at radius 2 is 2.10 bits per heavy atom. The summed E-state index contributed by atoms with van der Waals surface area (Å²) < 4.78 is 62.0. The van der Waals surface area contributed by atoms with Crippen molar-refractivity contribution in [2.45, 2.75) is 31.1 Å². The van der Waals surface area contributed by atoms with Crippen molar-refractivity contribution in [1.82, 2.24) is 9.29 Å². The number of hydrogen-bond acceptors (Lipinski definition) is 5. The van der Waals surface area contributed by atoms with Crippen LogP contribution in [0, 0.1) is 0 Å². The Labute approximate surface area is 116 Å². The van der Waals surface area contributed by atoms with Gasteiger partial charge in [-0.3, -0.25) is 4.79 Å². The number of halogens is 3. The molecule has 0 bridgehead atoms. The molecule has 114 valence electrons. The number of alkyl halides is 3. The Morgan fingerprint density at radius 3 is 2.45 bits per heavy atom. The highest BCUT2D eigenvalue weighted by Gasteiger charge is 2.38. The first kappa shape index (κ1) is 16.9. The summed E-state index contributed by atoms with van der Waals surface area (Å²) in [6.07, 6.45) is -4.74. The molecule has 6 nitrogen and oxygen atoms in total. The average molecular weight is 332 g/mol. The van der Waals surface area contributed by atoms with Crippen molar-refractivity contribution in [3.05, 3.63) is 10.4 Å². The number of sulfonamides is 1. The number of thiazole rings is 1. The molecule has 1 N–H and O–H groups in total. The Balaban J connectivity index is 3.22. The molecule has 0 fully saturated rings. The minimum atomic E-state index is -4.74. The van der Waals surface area contributed by atoms with Gasteiger partial charge in [0.2, 0.25) is 0 Å². The number of carbonyl (C=O) groups is 1. The lowest BCUT2D eigenvalue weighted by molar-refractivity contribution is -0.141. The fraction of sp³-hybridized carbons (Fsp3) is 0.556. The van der Waals surface area contributed by atoms with Crippen LogP contribution in [-0.2, 0) is 21.0 Å². The van der Waals surface area contributed by atoms with Gasteiger partial charge >= 0.3 is 12.1 Å². The molecule has 0 spiro atoms. The lowest BCUT2D eigenvalue weighted by atomic mass is 10.3. The van der Waals surface area contributed by atoms with Gasteiger partial charge in [0, 0.05) is 11.9 Å². The van der Waals surface area contributed by atoms with Gasteiger partial charge in [-0.25, -0.2) is 13.4 Å². The van der Waals surface area contributed by atoms with Gasteiger partial charge in [-0.15, -0.1) is 11.3 Å². The molecule has 11 heteroatoms. The second-order valence-corrected chi connectivity index (χ2v) is 6.41. The van der Waals surface area contributed by atoms with E-state index in [4.69, 9.17) is 5.11 Å². The number of carboxylic acids is 1. The average Bonchev–Trinajstić information content (AvgIpc) is 2.78. The van der Waals surface area contributed by atoms with Crippen LogP contribution < -0.4 is 0 Å². The fourth-order valence-corrected chi connectivity index (χ4v) is 3.93. The zero-order chi connectivity index (χ0) is 15.7. The third-order valence-electron chi connectivity index (χ3n) is 2.40. The summed E-state index contributed by atoms with van der Waals surface area (Å²) >= 11 is 0.142. The molecular weight excluding hydrogens is 321 g/mol. The third kappa shape index (κ3) is 3.27. The van der Waals surface area contributed by atoms with Crippen molar-refractivity contribution in [2.24, 2.45) is 0 Å². The van der Waals surface area contributed by atoms with Crippen LogP contribution in [-0.4, -0.2) is 41.4 Å². The van der Waals surface area contributed by atoms with Crippen LogP contribution in [0.3, 0.4) is 0 Å². The maximum absolute atomic E-state index is 12.4. The molecule has 1 atom stereocenters. The third-order valence-corrected chi connectivity index (χ3v) is 5.37. The van der Waals surface area contributed by atoms with Crippen molar-refractivity contribution in [3.63, 3.8) is 0 Å². The lowest BCUT2D eigenvalue weighted by Gasteiger charge is -2.22. The molecule has 0 aliphatic carbocycles. The maximum Gasteiger partial charge on any atom is 0.443 e. The van der Waals surface area contributed by atoms with Crippen molar-refractivity contribution < 1.29 is 31.5 Å². The Kier molecular flexibility index (Phi) is 4.77. The van der Waals surface area contributed by atoms with Crippen molar-refractivity contribution >= 4 is 27.3 Å². The van der Waals surface area contributed by atoms with Crippen LogP contribution >= 0.6 is 11.3 Å². The zero-order valence-electron chi connectivity index (χ0n) is 10.4. The second-order valence-electron chi connectivity index (χ2n) is 3.71. The number of aromatic nitrogens is 1. The summed E-state index contributed by atoms with van der Waals surface area (Å²) in [7, 11) is -4.38. The van der Waals surface area contributed by atoms with E-state index in [-0.39, 0.29) is 17.9 Å². The topological polar surface area (TPSA) is 87.6 Å². The van der Waals surface area contributed by atoms with Crippen LogP contribution in [0.25, 0.3) is 0 Å². The zero-order valence-corrected chi connectivity index (χ0v) is 12.0. The summed E-state index contributed by atoms with van der Waals surface area (Å²) in [6.45, 7) is 2.31. The van der Waals surface area contributed by atoms with Gasteiger partial charge in [0.1, 0.15) is 6.04 Å². The molecule has 0 saturated carbocycles. The van der Waals surface area contributed by atoms with Gasteiger partial charge in [-0.05, 0) is 6.92 Å². The second kappa shape index (κ2) is 5.66. The number of hydrogen-bond donors (Lipinski definition) is 1. The minimum absolute atomic E-state index is 0.142.